The Bertz CT molecular complexity index is 776. The largest absolute Gasteiger partial charge is 0.474 e. The number of rotatable bonds is 7. The summed E-state index contributed by atoms with van der Waals surface area (Å²) < 4.78 is 7.59. The molecule has 7 heteroatoms. The first-order chi connectivity index (χ1) is 13.0. The second-order valence-corrected chi connectivity index (χ2v) is 7.23. The number of fused-ring (bicyclic) bond motifs is 1. The highest BCUT2D eigenvalue weighted by atomic mass is 16.5. The Kier molecular flexibility index (Phi) is 6.31. The van der Waals surface area contributed by atoms with Crippen LogP contribution in [0.25, 0.3) is 11.0 Å². The molecule has 0 atom stereocenters. The third kappa shape index (κ3) is 4.40. The van der Waals surface area contributed by atoms with Crippen LogP contribution in [0, 0.1) is 0 Å². The topological polar surface area (TPSA) is 72.3 Å². The first kappa shape index (κ1) is 19.6. The summed E-state index contributed by atoms with van der Waals surface area (Å²) in [4.78, 5) is 19.8. The molecule has 7 nitrogen and oxygen atoms in total. The van der Waals surface area contributed by atoms with Gasteiger partial charge in [-0.05, 0) is 38.3 Å². The monoisotopic (exact) mass is 373 g/mol. The summed E-state index contributed by atoms with van der Waals surface area (Å²) in [5.74, 6) is 0.462. The van der Waals surface area contributed by atoms with Crippen LogP contribution in [0.2, 0.25) is 0 Å². The predicted molar refractivity (Wildman–Crippen MR) is 106 cm³/mol. The summed E-state index contributed by atoms with van der Waals surface area (Å²) in [5, 5.41) is 8.33. The second-order valence-electron chi connectivity index (χ2n) is 7.23. The lowest BCUT2D eigenvalue weighted by atomic mass is 10.0. The van der Waals surface area contributed by atoms with Gasteiger partial charge < -0.3 is 15.0 Å². The zero-order valence-corrected chi connectivity index (χ0v) is 16.9. The molecule has 0 aliphatic carbocycles. The van der Waals surface area contributed by atoms with Crippen LogP contribution in [0.15, 0.2) is 12.1 Å². The predicted octanol–water partition coefficient (Wildman–Crippen LogP) is 2.75. The maximum atomic E-state index is 12.8. The van der Waals surface area contributed by atoms with E-state index in [0.29, 0.717) is 17.2 Å². The quantitative estimate of drug-likeness (QED) is 0.808. The van der Waals surface area contributed by atoms with Gasteiger partial charge in [0.25, 0.3) is 5.91 Å². The molecule has 1 N–H and O–H groups in total. The Morgan fingerprint density at radius 1 is 1.26 bits per heavy atom. The van der Waals surface area contributed by atoms with Gasteiger partial charge in [0, 0.05) is 32.2 Å². The van der Waals surface area contributed by atoms with Crippen LogP contribution < -0.4 is 10.1 Å². The van der Waals surface area contributed by atoms with E-state index in [-0.39, 0.29) is 18.1 Å². The summed E-state index contributed by atoms with van der Waals surface area (Å²) >= 11 is 0. The SMILES string of the molecule is CCC(CC)Oc1ccc2c(C(=O)NC3CCN(CC)CC3)nn(C)c2n1. The Morgan fingerprint density at radius 2 is 1.96 bits per heavy atom. The summed E-state index contributed by atoms with van der Waals surface area (Å²) in [6.07, 6.45) is 3.99. The average Bonchev–Trinajstić information content (AvgIpc) is 3.03. The molecule has 3 heterocycles. The van der Waals surface area contributed by atoms with Crippen molar-refractivity contribution in [2.24, 2.45) is 7.05 Å². The molecule has 1 fully saturated rings. The molecular weight excluding hydrogens is 342 g/mol. The van der Waals surface area contributed by atoms with Crippen LogP contribution >= 0.6 is 0 Å². The first-order valence-corrected chi connectivity index (χ1v) is 10.1. The van der Waals surface area contributed by atoms with Gasteiger partial charge in [0.2, 0.25) is 5.88 Å². The van der Waals surface area contributed by atoms with Crippen LogP contribution in [-0.2, 0) is 7.05 Å². The van der Waals surface area contributed by atoms with Gasteiger partial charge in [-0.3, -0.25) is 4.79 Å². The Labute approximate surface area is 161 Å². The van der Waals surface area contributed by atoms with Crippen molar-refractivity contribution in [2.75, 3.05) is 19.6 Å². The summed E-state index contributed by atoms with van der Waals surface area (Å²) in [5.41, 5.74) is 1.11. The van der Waals surface area contributed by atoms with Gasteiger partial charge in [0.15, 0.2) is 11.3 Å². The number of carbonyl (C=O) groups excluding carboxylic acids is 1. The van der Waals surface area contributed by atoms with Crippen LogP contribution in [0.4, 0.5) is 0 Å². The third-order valence-electron chi connectivity index (χ3n) is 5.44. The number of carbonyl (C=O) groups is 1. The van der Waals surface area contributed by atoms with Crippen molar-refractivity contribution in [3.63, 3.8) is 0 Å². The van der Waals surface area contributed by atoms with Gasteiger partial charge in [0.05, 0.1) is 11.5 Å². The van der Waals surface area contributed by atoms with Gasteiger partial charge in [0.1, 0.15) is 0 Å². The highest BCUT2D eigenvalue weighted by Crippen LogP contribution is 2.22. The number of ether oxygens (including phenoxy) is 1. The molecule has 0 unspecified atom stereocenters. The zero-order chi connectivity index (χ0) is 19.4. The number of pyridine rings is 1. The minimum absolute atomic E-state index is 0.119. The van der Waals surface area contributed by atoms with Crippen LogP contribution in [-0.4, -0.2) is 57.4 Å². The Morgan fingerprint density at radius 3 is 2.59 bits per heavy atom. The third-order valence-corrected chi connectivity index (χ3v) is 5.44. The number of hydrogen-bond acceptors (Lipinski definition) is 5. The van der Waals surface area contributed by atoms with Crippen molar-refractivity contribution in [3.8, 4) is 5.88 Å². The lowest BCUT2D eigenvalue weighted by Crippen LogP contribution is -2.44. The van der Waals surface area contributed by atoms with E-state index in [9.17, 15) is 4.79 Å². The van der Waals surface area contributed by atoms with Gasteiger partial charge in [-0.15, -0.1) is 0 Å². The number of nitrogens with zero attached hydrogens (tertiary/aromatic N) is 4. The molecule has 2 aromatic heterocycles. The molecule has 0 bridgehead atoms. The normalized spacial score (nSPS) is 16.2. The molecule has 0 spiro atoms. The van der Waals surface area contributed by atoms with Crippen molar-refractivity contribution >= 4 is 16.9 Å². The molecule has 0 radical (unpaired) electrons. The minimum atomic E-state index is -0.119. The highest BCUT2D eigenvalue weighted by molar-refractivity contribution is 6.04. The summed E-state index contributed by atoms with van der Waals surface area (Å²) in [7, 11) is 1.81. The molecule has 1 saturated heterocycles. The second kappa shape index (κ2) is 8.69. The fraction of sp³-hybridized carbons (Fsp3) is 0.650. The number of amides is 1. The number of aromatic nitrogens is 3. The van der Waals surface area contributed by atoms with Crippen molar-refractivity contribution in [1.29, 1.82) is 0 Å². The Balaban J connectivity index is 1.74. The molecule has 0 saturated carbocycles. The fourth-order valence-electron chi connectivity index (χ4n) is 3.62. The number of piperidine rings is 1. The molecule has 1 amide bonds. The van der Waals surface area contributed by atoms with E-state index >= 15 is 0 Å². The van der Waals surface area contributed by atoms with Crippen molar-refractivity contribution in [3.05, 3.63) is 17.8 Å². The lowest BCUT2D eigenvalue weighted by molar-refractivity contribution is 0.0908. The summed E-state index contributed by atoms with van der Waals surface area (Å²) in [6, 6.07) is 3.93. The van der Waals surface area contributed by atoms with E-state index in [0.717, 1.165) is 50.7 Å². The standard InChI is InChI=1S/C20H31N5O2/c1-5-15(6-2)27-17-9-8-16-18(23-24(4)19(16)22-17)20(26)21-14-10-12-25(7-3)13-11-14/h8-9,14-15H,5-7,10-13H2,1-4H3,(H,21,26). The van der Waals surface area contributed by atoms with Crippen molar-refractivity contribution < 1.29 is 9.53 Å². The Hall–Kier alpha value is -2.15. The summed E-state index contributed by atoms with van der Waals surface area (Å²) in [6.45, 7) is 9.51. The zero-order valence-electron chi connectivity index (χ0n) is 16.9. The van der Waals surface area contributed by atoms with Gasteiger partial charge in [-0.25, -0.2) is 4.68 Å². The van der Waals surface area contributed by atoms with E-state index in [1.807, 2.05) is 19.2 Å². The van der Waals surface area contributed by atoms with Crippen LogP contribution in [0.1, 0.15) is 56.9 Å². The fourth-order valence-corrected chi connectivity index (χ4v) is 3.62. The maximum absolute atomic E-state index is 12.8. The van der Waals surface area contributed by atoms with E-state index in [1.165, 1.54) is 0 Å². The van der Waals surface area contributed by atoms with Crippen molar-refractivity contribution in [1.82, 2.24) is 25.0 Å². The molecule has 3 rings (SSSR count). The lowest BCUT2D eigenvalue weighted by Gasteiger charge is -2.31. The number of nitrogens with one attached hydrogen (secondary N) is 1. The van der Waals surface area contributed by atoms with Crippen LogP contribution in [0.3, 0.4) is 0 Å². The van der Waals surface area contributed by atoms with Gasteiger partial charge >= 0.3 is 0 Å². The average molecular weight is 374 g/mol. The number of aryl methyl sites for hydroxylation is 1. The maximum Gasteiger partial charge on any atom is 0.272 e. The smallest absolute Gasteiger partial charge is 0.272 e. The van der Waals surface area contributed by atoms with E-state index in [2.05, 4.69) is 41.1 Å². The minimum Gasteiger partial charge on any atom is -0.474 e. The van der Waals surface area contributed by atoms with Gasteiger partial charge in [-0.2, -0.15) is 10.1 Å². The number of hydrogen-bond donors (Lipinski definition) is 1. The van der Waals surface area contributed by atoms with Crippen LogP contribution in [0.5, 0.6) is 5.88 Å². The first-order valence-electron chi connectivity index (χ1n) is 10.1. The molecule has 27 heavy (non-hydrogen) atoms. The van der Waals surface area contributed by atoms with Crippen molar-refractivity contribution in [2.45, 2.75) is 58.6 Å². The highest BCUT2D eigenvalue weighted by Gasteiger charge is 2.23. The van der Waals surface area contributed by atoms with E-state index in [1.54, 1.807) is 4.68 Å². The van der Waals surface area contributed by atoms with Gasteiger partial charge in [-0.1, -0.05) is 20.8 Å². The number of likely N-dealkylation sites (tertiary alicyclic amines) is 1. The molecule has 1 aliphatic heterocycles. The van der Waals surface area contributed by atoms with E-state index in [4.69, 9.17) is 4.74 Å². The molecule has 2 aromatic rings. The van der Waals surface area contributed by atoms with E-state index < -0.39 is 0 Å². The molecular formula is C20H31N5O2. The molecule has 148 valence electrons. The molecule has 1 aliphatic rings. The molecule has 0 aromatic carbocycles.